The van der Waals surface area contributed by atoms with Gasteiger partial charge in [-0.05, 0) is 54.9 Å². The summed E-state index contributed by atoms with van der Waals surface area (Å²) in [6.45, 7) is 0.123. The van der Waals surface area contributed by atoms with Crippen LogP contribution in [0.25, 0.3) is 0 Å². The van der Waals surface area contributed by atoms with Crippen LogP contribution in [0, 0.1) is 12.2 Å². The second-order valence-electron chi connectivity index (χ2n) is 8.76. The van der Waals surface area contributed by atoms with Gasteiger partial charge in [0.1, 0.15) is 2.74 Å². The van der Waals surface area contributed by atoms with E-state index in [2.05, 4.69) is 47.3 Å². The predicted molar refractivity (Wildman–Crippen MR) is 131 cm³/mol. The van der Waals surface area contributed by atoms with Gasteiger partial charge in [0, 0.05) is 36.2 Å². The first-order valence-electron chi connectivity index (χ1n) is 13.9. The standard InChI is InChI=1S/C27H36N2O4/c1-4-32-26-17-21(12-13-22(26)19-33-31)18-27(30)28-24(16-20(2)3)23-10-6-7-11-25(23)29-14-8-5-9-15-29/h6-7,10-13,17,20,24,31H,4-5,8-9,14-16,18H2,1-3H3,(H,28,30)/t24-/m0/s1/i1D3,4D2. The Kier molecular flexibility index (Phi) is 6.97. The van der Waals surface area contributed by atoms with Crippen LogP contribution < -0.4 is 10.2 Å². The third-order valence-electron chi connectivity index (χ3n) is 5.78. The Morgan fingerprint density at radius 2 is 2.09 bits per heavy atom. The van der Waals surface area contributed by atoms with E-state index in [4.69, 9.17) is 16.5 Å². The van der Waals surface area contributed by atoms with E-state index >= 15 is 0 Å². The number of para-hydroxylation sites is 1. The number of carbonyl (C=O) groups excluding carboxylic acids is 2. The summed E-state index contributed by atoms with van der Waals surface area (Å²) in [5, 5.41) is 11.9. The highest BCUT2D eigenvalue weighted by molar-refractivity contribution is 6.08. The van der Waals surface area contributed by atoms with E-state index in [0.717, 1.165) is 43.6 Å². The number of anilines is 1. The van der Waals surface area contributed by atoms with Crippen LogP contribution in [0.1, 0.15) is 71.3 Å². The molecular weight excluding hydrogens is 416 g/mol. The van der Waals surface area contributed by atoms with Crippen LogP contribution in [-0.4, -0.2) is 36.6 Å². The largest absolute Gasteiger partial charge is 0.412 e. The van der Waals surface area contributed by atoms with Gasteiger partial charge in [0.15, 0.2) is 0 Å². The molecule has 1 amide bonds. The zero-order valence-electron chi connectivity index (χ0n) is 24.3. The number of piperidine rings is 1. The molecule has 1 fully saturated rings. The lowest BCUT2D eigenvalue weighted by atomic mass is 9.94. The molecule has 1 aromatic carbocycles. The lowest BCUT2D eigenvalue weighted by Gasteiger charge is -2.33. The Balaban J connectivity index is 1.84. The van der Waals surface area contributed by atoms with Crippen molar-refractivity contribution in [3.8, 4) is 0 Å². The van der Waals surface area contributed by atoms with E-state index < -0.39 is 13.4 Å². The normalized spacial score (nSPS) is 22.7. The number of ketones is 1. The zero-order valence-corrected chi connectivity index (χ0v) is 19.3. The van der Waals surface area contributed by atoms with Crippen LogP contribution in [0.4, 0.5) is 5.69 Å². The van der Waals surface area contributed by atoms with Gasteiger partial charge in [-0.1, -0.05) is 37.6 Å². The molecule has 1 aliphatic carbocycles. The van der Waals surface area contributed by atoms with Crippen LogP contribution in [0.3, 0.4) is 0 Å². The van der Waals surface area contributed by atoms with Crippen molar-refractivity contribution in [1.29, 1.82) is 0 Å². The lowest BCUT2D eigenvalue weighted by molar-refractivity contribution is -0.451. The van der Waals surface area contributed by atoms with Crippen LogP contribution in [-0.2, 0) is 14.1 Å². The van der Waals surface area contributed by atoms with Gasteiger partial charge in [-0.2, -0.15) is 6.08 Å². The monoisotopic (exact) mass is 457 g/mol. The number of amides is 1. The third kappa shape index (κ3) is 7.06. The molecule has 0 spiro atoms. The highest BCUT2D eigenvalue weighted by Gasteiger charge is 2.23. The molecule has 0 aromatic heterocycles. The van der Waals surface area contributed by atoms with Gasteiger partial charge in [-0.25, -0.2) is 5.26 Å². The maximum absolute atomic E-state index is 13.2. The molecule has 1 saturated heterocycles. The van der Waals surface area contributed by atoms with Crippen molar-refractivity contribution >= 4 is 17.4 Å². The average Bonchev–Trinajstić information content (AvgIpc) is 2.84. The minimum Gasteiger partial charge on any atom is -0.412 e. The fourth-order valence-corrected chi connectivity index (χ4v) is 4.32. The molecule has 6 nitrogen and oxygen atoms in total. The minimum atomic E-state index is -3.07. The highest BCUT2D eigenvalue weighted by Crippen LogP contribution is 2.32. The molecule has 1 atom stereocenters. The van der Waals surface area contributed by atoms with E-state index in [1.54, 1.807) is 6.08 Å². The van der Waals surface area contributed by atoms with Gasteiger partial charge in [0.2, 0.25) is 18.2 Å². The average molecular weight is 458 g/mol. The fraction of sp³-hybridized carbons (Fsp3) is 0.481. The SMILES string of the molecule is [2H]C([2H])([2H])C([2H])([2H])[O+]=C1C=C(CC(=O)N[C@@H](CC(C)C)c2ccccc2N2CCCCC2)C=CC1=[C-]OO. The van der Waals surface area contributed by atoms with E-state index in [1.165, 1.54) is 18.6 Å². The van der Waals surface area contributed by atoms with E-state index in [-0.39, 0.29) is 29.7 Å². The smallest absolute Gasteiger partial charge is 0.246 e. The number of allylic oxidation sites excluding steroid dienone is 4. The molecule has 6 heteroatoms. The minimum absolute atomic E-state index is 0.00192. The topological polar surface area (TPSA) is 73.1 Å². The van der Waals surface area contributed by atoms with E-state index in [1.807, 2.05) is 12.1 Å². The van der Waals surface area contributed by atoms with Crippen molar-refractivity contribution in [2.24, 2.45) is 5.92 Å². The van der Waals surface area contributed by atoms with Crippen LogP contribution >= 0.6 is 0 Å². The summed E-state index contributed by atoms with van der Waals surface area (Å²) in [5.41, 5.74) is 2.68. The van der Waals surface area contributed by atoms with Gasteiger partial charge in [-0.3, -0.25) is 4.79 Å². The quantitative estimate of drug-likeness (QED) is 0.136. The van der Waals surface area contributed by atoms with Crippen molar-refractivity contribution in [2.75, 3.05) is 24.5 Å². The number of nitrogens with one attached hydrogen (secondary N) is 1. The number of benzene rings is 1. The fourth-order valence-electron chi connectivity index (χ4n) is 4.32. The van der Waals surface area contributed by atoms with Gasteiger partial charge in [-0.15, -0.1) is 6.08 Å². The van der Waals surface area contributed by atoms with Crippen molar-refractivity contribution in [1.82, 2.24) is 5.32 Å². The van der Waals surface area contributed by atoms with Crippen molar-refractivity contribution in [3.63, 3.8) is 0 Å². The molecule has 0 radical (unpaired) electrons. The molecule has 178 valence electrons. The Morgan fingerprint density at radius 3 is 2.82 bits per heavy atom. The summed E-state index contributed by atoms with van der Waals surface area (Å²) in [5.74, 6) is -0.131. The molecule has 1 aliphatic heterocycles. The molecular formula is C27H36N2O4. The number of nitrogens with zero attached hydrogens (tertiary/aromatic N) is 1. The first-order valence-corrected chi connectivity index (χ1v) is 11.4. The summed E-state index contributed by atoms with van der Waals surface area (Å²) in [6, 6.07) is 7.98. The number of carbonyl (C=O) groups is 1. The number of hydrogen-bond acceptors (Lipinski definition) is 4. The van der Waals surface area contributed by atoms with Gasteiger partial charge >= 0.3 is 0 Å². The molecule has 1 aromatic rings. The van der Waals surface area contributed by atoms with Gasteiger partial charge < -0.3 is 19.5 Å². The van der Waals surface area contributed by atoms with Crippen LogP contribution in [0.2, 0.25) is 0 Å². The molecule has 1 heterocycles. The highest BCUT2D eigenvalue weighted by atomic mass is 17.1. The Hall–Kier alpha value is -2.86. The maximum Gasteiger partial charge on any atom is 0.246 e. The molecule has 0 saturated carbocycles. The summed E-state index contributed by atoms with van der Waals surface area (Å²) < 4.78 is 42.9. The molecule has 2 aliphatic rings. The second kappa shape index (κ2) is 12.4. The maximum atomic E-state index is 13.2. The van der Waals surface area contributed by atoms with E-state index in [9.17, 15) is 4.79 Å². The number of rotatable bonds is 9. The van der Waals surface area contributed by atoms with Crippen LogP contribution in [0.15, 0.2) is 53.6 Å². The van der Waals surface area contributed by atoms with Crippen LogP contribution in [0.5, 0.6) is 0 Å². The first-order chi connectivity index (χ1) is 17.9. The summed E-state index contributed by atoms with van der Waals surface area (Å²) in [4.78, 5) is 19.5. The third-order valence-corrected chi connectivity index (χ3v) is 5.78. The Morgan fingerprint density at radius 1 is 1.30 bits per heavy atom. The summed E-state index contributed by atoms with van der Waals surface area (Å²) in [7, 11) is 0. The predicted octanol–water partition coefficient (Wildman–Crippen LogP) is 5.07. The molecule has 2 N–H and O–H groups in total. The van der Waals surface area contributed by atoms with Crippen molar-refractivity contribution < 1.29 is 26.2 Å². The van der Waals surface area contributed by atoms with Gasteiger partial charge in [0.05, 0.1) is 12.3 Å². The molecule has 0 unspecified atom stereocenters. The molecule has 3 rings (SSSR count). The Bertz CT molecular complexity index is 1100. The second-order valence-corrected chi connectivity index (χ2v) is 8.76. The number of hydrogen-bond donors (Lipinski definition) is 2. The van der Waals surface area contributed by atoms with Gasteiger partial charge in [0.25, 0.3) is 0 Å². The van der Waals surface area contributed by atoms with Crippen molar-refractivity contribution in [2.45, 2.75) is 58.8 Å². The van der Waals surface area contributed by atoms with E-state index in [0.29, 0.717) is 11.5 Å². The Labute approximate surface area is 204 Å². The zero-order chi connectivity index (χ0) is 27.9. The molecule has 0 bridgehead atoms. The molecule has 33 heavy (non-hydrogen) atoms. The summed E-state index contributed by atoms with van der Waals surface area (Å²) in [6.07, 6.45) is 10.7. The van der Waals surface area contributed by atoms with Crippen molar-refractivity contribution in [3.05, 3.63) is 65.5 Å². The lowest BCUT2D eigenvalue weighted by Crippen LogP contribution is -2.34. The summed E-state index contributed by atoms with van der Waals surface area (Å²) >= 11 is 0. The first kappa shape index (κ1) is 18.6.